The normalized spacial score (nSPS) is 20.6. The number of aromatic nitrogens is 2. The molecule has 1 aromatic carbocycles. The SMILES string of the molecule is CCNC(=NCc1ccccc1CN(C)C)N1CCC(C)C(n2ccnc2)C1. The third-order valence-corrected chi connectivity index (χ3v) is 5.47. The van der Waals surface area contributed by atoms with Crippen LogP contribution in [0.2, 0.25) is 0 Å². The summed E-state index contributed by atoms with van der Waals surface area (Å²) in [5.74, 6) is 1.65. The Balaban J connectivity index is 1.76. The molecule has 3 rings (SSSR count). The molecular weight excluding hydrogens is 348 g/mol. The molecule has 0 spiro atoms. The van der Waals surface area contributed by atoms with Crippen molar-refractivity contribution in [3.05, 3.63) is 54.1 Å². The Labute approximate surface area is 169 Å². The summed E-state index contributed by atoms with van der Waals surface area (Å²) >= 11 is 0. The molecule has 1 aromatic heterocycles. The van der Waals surface area contributed by atoms with E-state index in [1.54, 1.807) is 0 Å². The number of aliphatic imine (C=N–C) groups is 1. The number of imidazole rings is 1. The minimum absolute atomic E-state index is 0.432. The van der Waals surface area contributed by atoms with Crippen LogP contribution in [-0.2, 0) is 13.1 Å². The molecule has 0 aliphatic carbocycles. The molecule has 1 N–H and O–H groups in total. The predicted molar refractivity (Wildman–Crippen MR) is 115 cm³/mol. The Hall–Kier alpha value is -2.34. The molecule has 152 valence electrons. The molecule has 1 fully saturated rings. The summed E-state index contributed by atoms with van der Waals surface area (Å²) in [4.78, 5) is 13.9. The van der Waals surface area contributed by atoms with E-state index >= 15 is 0 Å². The summed E-state index contributed by atoms with van der Waals surface area (Å²) in [6.45, 7) is 8.99. The van der Waals surface area contributed by atoms with Crippen molar-refractivity contribution in [2.24, 2.45) is 10.9 Å². The van der Waals surface area contributed by atoms with Gasteiger partial charge in [0.25, 0.3) is 0 Å². The molecule has 6 heteroatoms. The van der Waals surface area contributed by atoms with Gasteiger partial charge in [-0.2, -0.15) is 0 Å². The second kappa shape index (κ2) is 9.73. The van der Waals surface area contributed by atoms with E-state index in [4.69, 9.17) is 4.99 Å². The lowest BCUT2D eigenvalue weighted by atomic mass is 9.93. The number of likely N-dealkylation sites (tertiary alicyclic amines) is 1. The topological polar surface area (TPSA) is 48.7 Å². The first kappa shape index (κ1) is 20.4. The van der Waals surface area contributed by atoms with Crippen LogP contribution in [0.15, 0.2) is 48.0 Å². The Bertz CT molecular complexity index is 752. The molecule has 1 aliphatic rings. The predicted octanol–water partition coefficient (Wildman–Crippen LogP) is 2.99. The van der Waals surface area contributed by atoms with Gasteiger partial charge >= 0.3 is 0 Å². The van der Waals surface area contributed by atoms with Crippen LogP contribution >= 0.6 is 0 Å². The molecule has 2 atom stereocenters. The standard InChI is InChI=1S/C22H34N6/c1-5-24-22(25-14-19-8-6-7-9-20(19)15-26(3)4)27-12-10-18(2)21(16-27)28-13-11-23-17-28/h6-9,11,13,17-18,21H,5,10,12,14-16H2,1-4H3,(H,24,25). The van der Waals surface area contributed by atoms with Crippen LogP contribution in [0.5, 0.6) is 0 Å². The van der Waals surface area contributed by atoms with Gasteiger partial charge in [-0.1, -0.05) is 31.2 Å². The number of rotatable bonds is 6. The van der Waals surface area contributed by atoms with Crippen molar-refractivity contribution in [3.63, 3.8) is 0 Å². The zero-order chi connectivity index (χ0) is 19.9. The fraction of sp³-hybridized carbons (Fsp3) is 0.545. The third kappa shape index (κ3) is 5.13. The molecule has 0 bridgehead atoms. The first-order valence-corrected chi connectivity index (χ1v) is 10.3. The molecule has 28 heavy (non-hydrogen) atoms. The van der Waals surface area contributed by atoms with Gasteiger partial charge in [-0.25, -0.2) is 9.98 Å². The number of piperidine rings is 1. The highest BCUT2D eigenvalue weighted by atomic mass is 15.3. The number of nitrogens with one attached hydrogen (secondary N) is 1. The zero-order valence-electron chi connectivity index (χ0n) is 17.7. The van der Waals surface area contributed by atoms with Crippen LogP contribution < -0.4 is 5.32 Å². The van der Waals surface area contributed by atoms with Crippen molar-refractivity contribution >= 4 is 5.96 Å². The van der Waals surface area contributed by atoms with Crippen molar-refractivity contribution in [2.45, 2.75) is 39.4 Å². The summed E-state index contributed by atoms with van der Waals surface area (Å²) in [7, 11) is 4.21. The van der Waals surface area contributed by atoms with Gasteiger partial charge in [0.2, 0.25) is 0 Å². The second-order valence-corrected chi connectivity index (χ2v) is 7.97. The molecule has 0 amide bonds. The Morgan fingerprint density at radius 2 is 2.07 bits per heavy atom. The van der Waals surface area contributed by atoms with E-state index in [0.717, 1.165) is 38.6 Å². The van der Waals surface area contributed by atoms with Crippen molar-refractivity contribution in [3.8, 4) is 0 Å². The highest BCUT2D eigenvalue weighted by Gasteiger charge is 2.28. The van der Waals surface area contributed by atoms with Gasteiger partial charge in [-0.3, -0.25) is 0 Å². The van der Waals surface area contributed by atoms with E-state index in [1.165, 1.54) is 11.1 Å². The number of benzene rings is 1. The molecule has 0 radical (unpaired) electrons. The highest BCUT2D eigenvalue weighted by molar-refractivity contribution is 5.80. The van der Waals surface area contributed by atoms with Crippen LogP contribution in [0, 0.1) is 5.92 Å². The van der Waals surface area contributed by atoms with Crippen molar-refractivity contribution in [1.82, 2.24) is 24.7 Å². The summed E-state index contributed by atoms with van der Waals surface area (Å²) in [5.41, 5.74) is 2.64. The number of nitrogens with zero attached hydrogens (tertiary/aromatic N) is 5. The van der Waals surface area contributed by atoms with Gasteiger partial charge < -0.3 is 19.7 Å². The van der Waals surface area contributed by atoms with E-state index in [-0.39, 0.29) is 0 Å². The number of guanidine groups is 1. The number of hydrogen-bond donors (Lipinski definition) is 1. The Kier molecular flexibility index (Phi) is 7.09. The van der Waals surface area contributed by atoms with Crippen LogP contribution in [0.25, 0.3) is 0 Å². The largest absolute Gasteiger partial charge is 0.357 e. The van der Waals surface area contributed by atoms with Crippen LogP contribution in [0.3, 0.4) is 0 Å². The summed E-state index contributed by atoms with van der Waals surface area (Å²) in [6, 6.07) is 9.04. The van der Waals surface area contributed by atoms with E-state index in [9.17, 15) is 0 Å². The second-order valence-electron chi connectivity index (χ2n) is 7.97. The van der Waals surface area contributed by atoms with Crippen molar-refractivity contribution in [2.75, 3.05) is 33.7 Å². The first-order chi connectivity index (χ1) is 13.6. The molecular formula is C22H34N6. The van der Waals surface area contributed by atoms with Crippen LogP contribution in [0.1, 0.15) is 37.4 Å². The lowest BCUT2D eigenvalue weighted by molar-refractivity contribution is 0.189. The molecule has 2 aromatic rings. The highest BCUT2D eigenvalue weighted by Crippen LogP contribution is 2.27. The summed E-state index contributed by atoms with van der Waals surface area (Å²) in [6.07, 6.45) is 7.04. The summed E-state index contributed by atoms with van der Waals surface area (Å²) < 4.78 is 2.24. The lowest BCUT2D eigenvalue weighted by Crippen LogP contribution is -2.49. The summed E-state index contributed by atoms with van der Waals surface area (Å²) in [5, 5.41) is 3.50. The molecule has 6 nitrogen and oxygen atoms in total. The first-order valence-electron chi connectivity index (χ1n) is 10.3. The zero-order valence-corrected chi connectivity index (χ0v) is 17.7. The van der Waals surface area contributed by atoms with Gasteiger partial charge in [-0.15, -0.1) is 0 Å². The van der Waals surface area contributed by atoms with E-state index < -0.39 is 0 Å². The maximum atomic E-state index is 5.00. The van der Waals surface area contributed by atoms with Crippen LogP contribution in [-0.4, -0.2) is 59.0 Å². The molecule has 1 aliphatic heterocycles. The minimum Gasteiger partial charge on any atom is -0.357 e. The van der Waals surface area contributed by atoms with Gasteiger partial charge in [-0.05, 0) is 44.5 Å². The van der Waals surface area contributed by atoms with Gasteiger partial charge in [0.1, 0.15) is 0 Å². The van der Waals surface area contributed by atoms with Gasteiger partial charge in [0.05, 0.1) is 18.9 Å². The fourth-order valence-corrected chi connectivity index (χ4v) is 3.89. The monoisotopic (exact) mass is 382 g/mol. The lowest BCUT2D eigenvalue weighted by Gasteiger charge is -2.39. The van der Waals surface area contributed by atoms with Crippen LogP contribution in [0.4, 0.5) is 0 Å². The van der Waals surface area contributed by atoms with E-state index in [1.807, 2.05) is 12.5 Å². The average Bonchev–Trinajstić information content (AvgIpc) is 3.21. The Morgan fingerprint density at radius 1 is 1.29 bits per heavy atom. The maximum Gasteiger partial charge on any atom is 0.194 e. The maximum absolute atomic E-state index is 5.00. The Morgan fingerprint density at radius 3 is 2.75 bits per heavy atom. The molecule has 2 unspecified atom stereocenters. The smallest absolute Gasteiger partial charge is 0.194 e. The molecule has 2 heterocycles. The molecule has 0 saturated carbocycles. The quantitative estimate of drug-likeness (QED) is 0.616. The average molecular weight is 383 g/mol. The third-order valence-electron chi connectivity index (χ3n) is 5.47. The minimum atomic E-state index is 0.432. The number of hydrogen-bond acceptors (Lipinski definition) is 3. The van der Waals surface area contributed by atoms with Crippen molar-refractivity contribution < 1.29 is 0 Å². The molecule has 1 saturated heterocycles. The van der Waals surface area contributed by atoms with Gasteiger partial charge in [0, 0.05) is 38.6 Å². The fourth-order valence-electron chi connectivity index (χ4n) is 3.89. The van der Waals surface area contributed by atoms with E-state index in [2.05, 4.69) is 83.1 Å². The van der Waals surface area contributed by atoms with E-state index in [0.29, 0.717) is 18.5 Å². The van der Waals surface area contributed by atoms with Gasteiger partial charge in [0.15, 0.2) is 5.96 Å². The van der Waals surface area contributed by atoms with Crippen molar-refractivity contribution in [1.29, 1.82) is 0 Å².